The summed E-state index contributed by atoms with van der Waals surface area (Å²) in [6, 6.07) is 7.59. The van der Waals surface area contributed by atoms with E-state index >= 15 is 0 Å². The van der Waals surface area contributed by atoms with Gasteiger partial charge in [-0.1, -0.05) is 36.7 Å². The molecule has 3 nitrogen and oxygen atoms in total. The molecule has 0 atom stereocenters. The van der Waals surface area contributed by atoms with Crippen molar-refractivity contribution in [3.63, 3.8) is 0 Å². The molecule has 90 valence electrons. The van der Waals surface area contributed by atoms with Gasteiger partial charge in [-0.15, -0.1) is 0 Å². The van der Waals surface area contributed by atoms with Crippen LogP contribution in [0.5, 0.6) is 0 Å². The van der Waals surface area contributed by atoms with Crippen LogP contribution >= 0.6 is 11.6 Å². The fourth-order valence-corrected chi connectivity index (χ4v) is 1.99. The number of hydrogen-bond donors (Lipinski definition) is 0. The minimum Gasteiger partial charge on any atom is -0.299 e. The summed E-state index contributed by atoms with van der Waals surface area (Å²) < 4.78 is 3.40. The monoisotopic (exact) mass is 250 g/mol. The molecule has 1 aromatic carbocycles. The van der Waals surface area contributed by atoms with Crippen LogP contribution in [0, 0.1) is 0 Å². The van der Waals surface area contributed by atoms with E-state index in [1.807, 2.05) is 30.5 Å². The quantitative estimate of drug-likeness (QED) is 0.820. The van der Waals surface area contributed by atoms with E-state index < -0.39 is 0 Å². The van der Waals surface area contributed by atoms with Crippen LogP contribution in [0.3, 0.4) is 0 Å². The van der Waals surface area contributed by atoms with Gasteiger partial charge in [0.25, 0.3) is 0 Å². The van der Waals surface area contributed by atoms with Crippen molar-refractivity contribution in [2.75, 3.05) is 0 Å². The molecule has 0 saturated carbocycles. The number of hydrogen-bond acceptors (Lipinski definition) is 1. The van der Waals surface area contributed by atoms with Gasteiger partial charge < -0.3 is 0 Å². The number of aromatic nitrogens is 2. The highest BCUT2D eigenvalue weighted by Gasteiger charge is 2.05. The zero-order chi connectivity index (χ0) is 12.3. The summed E-state index contributed by atoms with van der Waals surface area (Å²) in [6.45, 7) is 3.33. The van der Waals surface area contributed by atoms with Gasteiger partial charge in [0.1, 0.15) is 0 Å². The fraction of sp³-hybridized carbons (Fsp3) is 0.308. The summed E-state index contributed by atoms with van der Waals surface area (Å²) in [5, 5.41) is 0.697. The van der Waals surface area contributed by atoms with Crippen molar-refractivity contribution >= 4 is 11.6 Å². The van der Waals surface area contributed by atoms with Crippen LogP contribution < -0.4 is 5.69 Å². The van der Waals surface area contributed by atoms with E-state index in [9.17, 15) is 4.79 Å². The third-order valence-electron chi connectivity index (χ3n) is 2.68. The maximum atomic E-state index is 12.0. The molecule has 4 heteroatoms. The second-order valence-electron chi connectivity index (χ2n) is 3.99. The first-order valence-electron chi connectivity index (χ1n) is 5.71. The average molecular weight is 251 g/mol. The third-order valence-corrected chi connectivity index (χ3v) is 3.05. The molecule has 0 bridgehead atoms. The molecule has 17 heavy (non-hydrogen) atoms. The summed E-state index contributed by atoms with van der Waals surface area (Å²) in [4.78, 5) is 12.0. The molecule has 1 heterocycles. The summed E-state index contributed by atoms with van der Waals surface area (Å²) in [6.07, 6.45) is 4.58. The van der Waals surface area contributed by atoms with Gasteiger partial charge in [0, 0.05) is 24.0 Å². The standard InChI is InChI=1S/C13H15ClN2O/c1-2-7-15-8-9-16(13(15)17)10-11-5-3-4-6-12(11)14/h3-6,8-9H,2,7,10H2,1H3. The summed E-state index contributed by atoms with van der Waals surface area (Å²) in [5.41, 5.74) is 0.984. The Bertz CT molecular complexity index is 557. The lowest BCUT2D eigenvalue weighted by atomic mass is 10.2. The molecule has 0 aliphatic carbocycles. The van der Waals surface area contributed by atoms with Crippen LogP contribution in [-0.4, -0.2) is 9.13 Å². The largest absolute Gasteiger partial charge is 0.328 e. The minimum atomic E-state index is 0.0202. The Labute approximate surface area is 105 Å². The number of aryl methyl sites for hydroxylation is 1. The molecule has 1 aromatic heterocycles. The van der Waals surface area contributed by atoms with Crippen molar-refractivity contribution in [1.82, 2.24) is 9.13 Å². The molecular weight excluding hydrogens is 236 g/mol. The average Bonchev–Trinajstić information content (AvgIpc) is 2.65. The Hall–Kier alpha value is -1.48. The van der Waals surface area contributed by atoms with Gasteiger partial charge in [-0.3, -0.25) is 9.13 Å². The molecule has 0 radical (unpaired) electrons. The highest BCUT2D eigenvalue weighted by Crippen LogP contribution is 2.15. The van der Waals surface area contributed by atoms with Crippen LogP contribution in [0.15, 0.2) is 41.5 Å². The van der Waals surface area contributed by atoms with Crippen molar-refractivity contribution in [2.24, 2.45) is 0 Å². The van der Waals surface area contributed by atoms with E-state index in [1.165, 1.54) is 0 Å². The first-order valence-corrected chi connectivity index (χ1v) is 6.09. The summed E-state index contributed by atoms with van der Waals surface area (Å²) in [5.74, 6) is 0. The maximum Gasteiger partial charge on any atom is 0.328 e. The molecule has 2 rings (SSSR count). The van der Waals surface area contributed by atoms with Crippen LogP contribution in [0.1, 0.15) is 18.9 Å². The summed E-state index contributed by atoms with van der Waals surface area (Å²) >= 11 is 6.07. The highest BCUT2D eigenvalue weighted by atomic mass is 35.5. The minimum absolute atomic E-state index is 0.0202. The van der Waals surface area contributed by atoms with E-state index in [0.717, 1.165) is 18.5 Å². The number of benzene rings is 1. The van der Waals surface area contributed by atoms with E-state index in [4.69, 9.17) is 11.6 Å². The highest BCUT2D eigenvalue weighted by molar-refractivity contribution is 6.31. The lowest BCUT2D eigenvalue weighted by Gasteiger charge is -2.04. The molecule has 0 saturated heterocycles. The van der Waals surface area contributed by atoms with Crippen molar-refractivity contribution in [2.45, 2.75) is 26.4 Å². The number of rotatable bonds is 4. The molecule has 0 amide bonds. The van der Waals surface area contributed by atoms with Crippen LogP contribution in [0.4, 0.5) is 0 Å². The van der Waals surface area contributed by atoms with Crippen LogP contribution in [-0.2, 0) is 13.1 Å². The maximum absolute atomic E-state index is 12.0. The molecule has 0 N–H and O–H groups in total. The van der Waals surface area contributed by atoms with Gasteiger partial charge in [0.15, 0.2) is 0 Å². The van der Waals surface area contributed by atoms with Gasteiger partial charge in [-0.25, -0.2) is 4.79 Å². The number of nitrogens with zero attached hydrogens (tertiary/aromatic N) is 2. The molecule has 0 unspecified atom stereocenters. The first-order chi connectivity index (χ1) is 8.22. The van der Waals surface area contributed by atoms with E-state index in [0.29, 0.717) is 11.6 Å². The van der Waals surface area contributed by atoms with E-state index in [1.54, 1.807) is 15.3 Å². The predicted octanol–water partition coefficient (Wildman–Crippen LogP) is 2.76. The van der Waals surface area contributed by atoms with Gasteiger partial charge in [-0.05, 0) is 18.1 Å². The molecule has 0 aliphatic heterocycles. The smallest absolute Gasteiger partial charge is 0.299 e. The van der Waals surface area contributed by atoms with Gasteiger partial charge in [0.05, 0.1) is 6.54 Å². The lowest BCUT2D eigenvalue weighted by Crippen LogP contribution is -2.24. The molecule has 2 aromatic rings. The van der Waals surface area contributed by atoms with Crippen LogP contribution in [0.25, 0.3) is 0 Å². The molecule has 0 aliphatic rings. The number of halogens is 1. The van der Waals surface area contributed by atoms with Gasteiger partial charge >= 0.3 is 5.69 Å². The normalized spacial score (nSPS) is 10.7. The van der Waals surface area contributed by atoms with E-state index in [-0.39, 0.29) is 5.69 Å². The lowest BCUT2D eigenvalue weighted by molar-refractivity contribution is 0.624. The third kappa shape index (κ3) is 2.61. The van der Waals surface area contributed by atoms with Crippen molar-refractivity contribution < 1.29 is 0 Å². The van der Waals surface area contributed by atoms with E-state index in [2.05, 4.69) is 6.92 Å². The second kappa shape index (κ2) is 5.23. The Morgan fingerprint density at radius 3 is 2.59 bits per heavy atom. The molecule has 0 spiro atoms. The van der Waals surface area contributed by atoms with Crippen molar-refractivity contribution in [3.8, 4) is 0 Å². The first kappa shape index (κ1) is 12.0. The van der Waals surface area contributed by atoms with Crippen LogP contribution in [0.2, 0.25) is 5.02 Å². The Morgan fingerprint density at radius 1 is 1.18 bits per heavy atom. The Kier molecular flexibility index (Phi) is 3.69. The van der Waals surface area contributed by atoms with Crippen molar-refractivity contribution in [3.05, 3.63) is 57.7 Å². The zero-order valence-corrected chi connectivity index (χ0v) is 10.5. The SMILES string of the molecule is CCCn1ccn(Cc2ccccc2Cl)c1=O. The second-order valence-corrected chi connectivity index (χ2v) is 4.40. The zero-order valence-electron chi connectivity index (χ0n) is 9.77. The molecule has 0 fully saturated rings. The van der Waals surface area contributed by atoms with Gasteiger partial charge in [0.2, 0.25) is 0 Å². The molecular formula is C13H15ClN2O. The predicted molar refractivity (Wildman–Crippen MR) is 69.5 cm³/mol. The summed E-state index contributed by atoms with van der Waals surface area (Å²) in [7, 11) is 0. The fourth-order valence-electron chi connectivity index (χ4n) is 1.80. The van der Waals surface area contributed by atoms with Gasteiger partial charge in [-0.2, -0.15) is 0 Å². The number of imidazole rings is 1. The Morgan fingerprint density at radius 2 is 1.88 bits per heavy atom. The Balaban J connectivity index is 2.25. The topological polar surface area (TPSA) is 26.9 Å². The van der Waals surface area contributed by atoms with Crippen molar-refractivity contribution in [1.29, 1.82) is 0 Å².